The molecule has 1 spiro atoms. The number of hydrogen-bond donors (Lipinski definition) is 1. The largest absolute Gasteiger partial charge is 0.481 e. The molecular formula is C21H24NO5+. The molecule has 1 aromatic carbocycles. The van der Waals surface area contributed by atoms with Gasteiger partial charge in [-0.25, -0.2) is 0 Å². The lowest BCUT2D eigenvalue weighted by Gasteiger charge is -2.54. The fourth-order valence-electron chi connectivity index (χ4n) is 5.88. The Hall–Kier alpha value is -2.34. The molecule has 27 heavy (non-hydrogen) atoms. The highest BCUT2D eigenvalue weighted by Gasteiger charge is 2.66. The molecule has 0 saturated carbocycles. The number of rotatable bonds is 2. The molecule has 1 aromatic rings. The zero-order valence-corrected chi connectivity index (χ0v) is 15.8. The van der Waals surface area contributed by atoms with Crippen molar-refractivity contribution in [2.24, 2.45) is 5.92 Å². The van der Waals surface area contributed by atoms with Gasteiger partial charge in [0.25, 0.3) is 0 Å². The van der Waals surface area contributed by atoms with Crippen LogP contribution in [0, 0.1) is 5.92 Å². The first kappa shape index (κ1) is 16.8. The van der Waals surface area contributed by atoms with Crippen LogP contribution in [0.5, 0.6) is 11.5 Å². The fourth-order valence-corrected chi connectivity index (χ4v) is 5.88. The Balaban J connectivity index is 1.71. The number of nitrogens with one attached hydrogen (secondary N) is 1. The number of quaternary nitrogens is 1. The van der Waals surface area contributed by atoms with E-state index in [0.29, 0.717) is 23.5 Å². The number of benzene rings is 1. The van der Waals surface area contributed by atoms with Crippen LogP contribution in [0.1, 0.15) is 31.4 Å². The van der Waals surface area contributed by atoms with Gasteiger partial charge in [-0.15, -0.1) is 0 Å². The van der Waals surface area contributed by atoms with Crippen molar-refractivity contribution < 1.29 is 28.7 Å². The Morgan fingerprint density at radius 3 is 2.78 bits per heavy atom. The zero-order chi connectivity index (χ0) is 18.9. The van der Waals surface area contributed by atoms with Gasteiger partial charge in [-0.1, -0.05) is 12.1 Å². The predicted octanol–water partition coefficient (Wildman–Crippen LogP) is 0.572. The number of carbonyl (C=O) groups excluding carboxylic acids is 2. The van der Waals surface area contributed by atoms with E-state index >= 15 is 0 Å². The van der Waals surface area contributed by atoms with Crippen molar-refractivity contribution in [2.75, 3.05) is 13.6 Å². The molecule has 2 aliphatic carbocycles. The van der Waals surface area contributed by atoms with Crippen LogP contribution in [0.2, 0.25) is 0 Å². The van der Waals surface area contributed by atoms with Gasteiger partial charge in [-0.2, -0.15) is 0 Å². The lowest BCUT2D eigenvalue weighted by molar-refractivity contribution is -0.917. The molecule has 1 saturated heterocycles. The highest BCUT2D eigenvalue weighted by Crippen LogP contribution is 2.61. The third-order valence-electron chi connectivity index (χ3n) is 6.82. The summed E-state index contributed by atoms with van der Waals surface area (Å²) in [4.78, 5) is 24.8. The van der Waals surface area contributed by atoms with E-state index < -0.39 is 6.10 Å². The Morgan fingerprint density at radius 1 is 1.22 bits per heavy atom. The van der Waals surface area contributed by atoms with E-state index in [-0.39, 0.29) is 23.5 Å². The van der Waals surface area contributed by atoms with Gasteiger partial charge in [0.2, 0.25) is 0 Å². The SMILES string of the molecule is CC(=O)Oc1ccc2c3c1O[C@@H]1[C@@H](OC(C)=O)C=CC4[C@H](C2)[NH+](C)CC[C@]341. The molecule has 6 nitrogen and oxygen atoms in total. The first-order valence-corrected chi connectivity index (χ1v) is 9.61. The predicted molar refractivity (Wildman–Crippen MR) is 95.9 cm³/mol. The first-order chi connectivity index (χ1) is 12.9. The maximum absolute atomic E-state index is 11.7. The number of carbonyl (C=O) groups is 2. The van der Waals surface area contributed by atoms with Gasteiger partial charge in [0.05, 0.1) is 25.0 Å². The van der Waals surface area contributed by atoms with Gasteiger partial charge in [-0.05, 0) is 17.7 Å². The lowest BCUT2D eigenvalue weighted by atomic mass is 9.53. The molecule has 1 N–H and O–H groups in total. The van der Waals surface area contributed by atoms with Crippen LogP contribution in [-0.4, -0.2) is 43.8 Å². The summed E-state index contributed by atoms with van der Waals surface area (Å²) in [5.41, 5.74) is 2.21. The van der Waals surface area contributed by atoms with E-state index in [9.17, 15) is 9.59 Å². The molecule has 2 bridgehead atoms. The van der Waals surface area contributed by atoms with Crippen molar-refractivity contribution in [1.82, 2.24) is 0 Å². The van der Waals surface area contributed by atoms with Crippen molar-refractivity contribution in [2.45, 2.75) is 50.4 Å². The highest BCUT2D eigenvalue weighted by molar-refractivity contribution is 5.72. The van der Waals surface area contributed by atoms with Crippen LogP contribution in [0.3, 0.4) is 0 Å². The van der Waals surface area contributed by atoms with E-state index in [2.05, 4.69) is 19.2 Å². The van der Waals surface area contributed by atoms with Crippen molar-refractivity contribution in [3.8, 4) is 11.5 Å². The van der Waals surface area contributed by atoms with Crippen LogP contribution in [0.15, 0.2) is 24.3 Å². The van der Waals surface area contributed by atoms with Gasteiger partial charge in [0, 0.05) is 38.2 Å². The number of esters is 2. The summed E-state index contributed by atoms with van der Waals surface area (Å²) >= 11 is 0. The summed E-state index contributed by atoms with van der Waals surface area (Å²) in [5, 5.41) is 0. The third-order valence-corrected chi connectivity index (χ3v) is 6.82. The van der Waals surface area contributed by atoms with Crippen molar-refractivity contribution in [3.63, 3.8) is 0 Å². The Kier molecular flexibility index (Phi) is 3.47. The van der Waals surface area contributed by atoms with Gasteiger partial charge < -0.3 is 19.1 Å². The standard InChI is InChI=1S/C21H23NO5/c1-11(23)25-16-6-4-13-10-15-14-5-7-17(26-12(2)24)20-21(14,8-9-22(15)3)18(13)19(16)27-20/h4-7,14-15,17,20H,8-10H2,1-3H3/p+1/t14?,15-,17-,20+,21+/m0/s1. The summed E-state index contributed by atoms with van der Waals surface area (Å²) in [6, 6.07) is 4.38. The Labute approximate surface area is 158 Å². The van der Waals surface area contributed by atoms with E-state index in [1.54, 1.807) is 0 Å². The molecule has 6 heteroatoms. The van der Waals surface area contributed by atoms with E-state index in [1.807, 2.05) is 12.1 Å². The Morgan fingerprint density at radius 2 is 2.04 bits per heavy atom. The normalized spacial score (nSPS) is 37.2. The minimum absolute atomic E-state index is 0.224. The number of ether oxygens (including phenoxy) is 3. The monoisotopic (exact) mass is 370 g/mol. The summed E-state index contributed by atoms with van der Waals surface area (Å²) in [6.45, 7) is 3.86. The smallest absolute Gasteiger partial charge is 0.308 e. The van der Waals surface area contributed by atoms with E-state index in [0.717, 1.165) is 19.4 Å². The maximum Gasteiger partial charge on any atom is 0.308 e. The molecule has 6 atom stereocenters. The van der Waals surface area contributed by atoms with Crippen LogP contribution in [-0.2, 0) is 26.2 Å². The molecule has 0 radical (unpaired) electrons. The van der Waals surface area contributed by atoms with Crippen LogP contribution in [0.4, 0.5) is 0 Å². The average Bonchev–Trinajstić information content (AvgIpc) is 2.95. The summed E-state index contributed by atoms with van der Waals surface area (Å²) < 4.78 is 17.5. The minimum Gasteiger partial charge on any atom is -0.481 e. The molecule has 2 unspecified atom stereocenters. The van der Waals surface area contributed by atoms with E-state index in [1.165, 1.54) is 29.9 Å². The second kappa shape index (κ2) is 5.58. The van der Waals surface area contributed by atoms with Gasteiger partial charge >= 0.3 is 11.9 Å². The van der Waals surface area contributed by atoms with Gasteiger partial charge in [0.15, 0.2) is 23.7 Å². The van der Waals surface area contributed by atoms with Crippen molar-refractivity contribution >= 4 is 11.9 Å². The van der Waals surface area contributed by atoms with Crippen molar-refractivity contribution in [1.29, 1.82) is 0 Å². The van der Waals surface area contributed by atoms with Crippen LogP contribution < -0.4 is 14.4 Å². The van der Waals surface area contributed by atoms with Crippen molar-refractivity contribution in [3.05, 3.63) is 35.4 Å². The molecule has 1 fully saturated rings. The van der Waals surface area contributed by atoms with Gasteiger partial charge in [-0.3, -0.25) is 9.59 Å². The summed E-state index contributed by atoms with van der Waals surface area (Å²) in [6.07, 6.45) is 5.44. The topological polar surface area (TPSA) is 66.3 Å². The van der Waals surface area contributed by atoms with Crippen LogP contribution >= 0.6 is 0 Å². The molecule has 142 valence electrons. The van der Waals surface area contributed by atoms with Gasteiger partial charge in [0.1, 0.15) is 0 Å². The molecule has 2 heterocycles. The molecule has 0 aromatic heterocycles. The maximum atomic E-state index is 11.7. The number of hydrogen-bond acceptors (Lipinski definition) is 5. The quantitative estimate of drug-likeness (QED) is 0.469. The molecule has 4 aliphatic rings. The highest BCUT2D eigenvalue weighted by atomic mass is 16.6. The van der Waals surface area contributed by atoms with E-state index in [4.69, 9.17) is 14.2 Å². The molecular weight excluding hydrogens is 346 g/mol. The number of likely N-dealkylation sites (N-methyl/N-ethyl adjacent to an activating group) is 1. The molecule has 5 rings (SSSR count). The average molecular weight is 370 g/mol. The first-order valence-electron chi connectivity index (χ1n) is 9.61. The Bertz CT molecular complexity index is 878. The summed E-state index contributed by atoms with van der Waals surface area (Å²) in [5.74, 6) is 0.774. The minimum atomic E-state index is -0.429. The second-order valence-corrected chi connectivity index (χ2v) is 8.24. The molecule has 2 aliphatic heterocycles. The fraction of sp³-hybridized carbons (Fsp3) is 0.524. The van der Waals surface area contributed by atoms with Crippen LogP contribution in [0.25, 0.3) is 0 Å². The molecule has 0 amide bonds. The lowest BCUT2D eigenvalue weighted by Crippen LogP contribution is -3.16. The third kappa shape index (κ3) is 2.16. The number of piperidine rings is 1. The zero-order valence-electron chi connectivity index (χ0n) is 15.8. The number of likely N-dealkylation sites (tertiary alicyclic amines) is 1. The second-order valence-electron chi connectivity index (χ2n) is 8.24. The summed E-state index contributed by atoms with van der Waals surface area (Å²) in [7, 11) is 2.26.